The van der Waals surface area contributed by atoms with E-state index in [1.54, 1.807) is 48.9 Å². The van der Waals surface area contributed by atoms with Gasteiger partial charge < -0.3 is 4.52 Å². The number of benzene rings is 1. The molecule has 0 unspecified atom stereocenters. The van der Waals surface area contributed by atoms with Crippen molar-refractivity contribution in [2.24, 2.45) is 0 Å². The molecule has 140 valence electrons. The Morgan fingerprint density at radius 3 is 2.79 bits per heavy atom. The van der Waals surface area contributed by atoms with E-state index < -0.39 is 5.91 Å². The molecule has 1 aromatic carbocycles. The first-order valence-corrected chi connectivity index (χ1v) is 9.73. The highest BCUT2D eigenvalue weighted by atomic mass is 35.5. The molecule has 0 saturated heterocycles. The number of pyridine rings is 1. The van der Waals surface area contributed by atoms with Crippen LogP contribution in [0.5, 0.6) is 0 Å². The Morgan fingerprint density at radius 2 is 1.96 bits per heavy atom. The molecule has 9 heteroatoms. The fraction of sp³-hybridized carbons (Fsp3) is 0.0526. The third-order valence-corrected chi connectivity index (χ3v) is 5.37. The number of rotatable bonds is 5. The molecule has 6 nitrogen and oxygen atoms in total. The molecule has 3 aromatic heterocycles. The molecular formula is C19H12Cl2N4O2S. The molecule has 28 heavy (non-hydrogen) atoms. The number of carbonyl (C=O) groups excluding carboxylic acids is 1. The second kappa shape index (κ2) is 8.10. The average molecular weight is 431 g/mol. The van der Waals surface area contributed by atoms with Gasteiger partial charge in [0.05, 0.1) is 0 Å². The van der Waals surface area contributed by atoms with Gasteiger partial charge in [0.2, 0.25) is 0 Å². The van der Waals surface area contributed by atoms with Crippen molar-refractivity contribution >= 4 is 45.6 Å². The number of aromatic nitrogens is 3. The topological polar surface area (TPSA) is 80.9 Å². The van der Waals surface area contributed by atoms with Gasteiger partial charge in [-0.05, 0) is 35.9 Å². The van der Waals surface area contributed by atoms with E-state index in [2.05, 4.69) is 20.4 Å². The minimum atomic E-state index is -0.397. The normalized spacial score (nSPS) is 10.8. The predicted molar refractivity (Wildman–Crippen MR) is 109 cm³/mol. The zero-order valence-electron chi connectivity index (χ0n) is 14.2. The van der Waals surface area contributed by atoms with Crippen LogP contribution in [0.1, 0.15) is 20.9 Å². The van der Waals surface area contributed by atoms with Gasteiger partial charge in [0.1, 0.15) is 0 Å². The molecular weight excluding hydrogens is 419 g/mol. The molecule has 4 aromatic rings. The highest BCUT2D eigenvalue weighted by molar-refractivity contribution is 7.15. The van der Waals surface area contributed by atoms with Gasteiger partial charge in [0.15, 0.2) is 16.6 Å². The summed E-state index contributed by atoms with van der Waals surface area (Å²) in [6, 6.07) is 10.4. The van der Waals surface area contributed by atoms with Crippen LogP contribution >= 0.6 is 34.5 Å². The van der Waals surface area contributed by atoms with Crippen LogP contribution in [0, 0.1) is 0 Å². The van der Waals surface area contributed by atoms with E-state index in [1.165, 1.54) is 11.3 Å². The highest BCUT2D eigenvalue weighted by Gasteiger charge is 2.16. The quantitative estimate of drug-likeness (QED) is 0.461. The van der Waals surface area contributed by atoms with Crippen LogP contribution in [0.3, 0.4) is 0 Å². The summed E-state index contributed by atoms with van der Waals surface area (Å²) in [7, 11) is 0. The molecule has 0 radical (unpaired) electrons. The van der Waals surface area contributed by atoms with Crippen molar-refractivity contribution in [1.29, 1.82) is 0 Å². The molecule has 0 aliphatic carbocycles. The maximum absolute atomic E-state index is 12.4. The lowest BCUT2D eigenvalue weighted by atomic mass is 10.1. The minimum absolute atomic E-state index is 0.168. The van der Waals surface area contributed by atoms with Crippen molar-refractivity contribution in [3.63, 3.8) is 0 Å². The zero-order valence-corrected chi connectivity index (χ0v) is 16.6. The van der Waals surface area contributed by atoms with E-state index in [1.807, 2.05) is 6.07 Å². The number of thiazole rings is 1. The van der Waals surface area contributed by atoms with E-state index in [4.69, 9.17) is 27.7 Å². The number of nitrogens with one attached hydrogen (secondary N) is 1. The van der Waals surface area contributed by atoms with Crippen LogP contribution in [0.25, 0.3) is 11.3 Å². The van der Waals surface area contributed by atoms with E-state index in [9.17, 15) is 4.79 Å². The number of amides is 1. The van der Waals surface area contributed by atoms with Gasteiger partial charge in [-0.25, -0.2) is 4.98 Å². The molecule has 3 heterocycles. The Balaban J connectivity index is 1.45. The third kappa shape index (κ3) is 4.22. The van der Waals surface area contributed by atoms with Crippen LogP contribution in [-0.4, -0.2) is 21.0 Å². The van der Waals surface area contributed by atoms with Crippen molar-refractivity contribution in [3.8, 4) is 11.3 Å². The maximum Gasteiger partial charge on any atom is 0.279 e. The number of anilines is 1. The molecule has 1 N–H and O–H groups in total. The van der Waals surface area contributed by atoms with Crippen molar-refractivity contribution in [2.75, 3.05) is 5.32 Å². The summed E-state index contributed by atoms with van der Waals surface area (Å²) in [6.07, 6.45) is 5.55. The number of hydrogen-bond donors (Lipinski definition) is 1. The van der Waals surface area contributed by atoms with Gasteiger partial charge in [-0.1, -0.05) is 28.4 Å². The fourth-order valence-corrected chi connectivity index (χ4v) is 3.72. The smallest absolute Gasteiger partial charge is 0.279 e. The minimum Gasteiger partial charge on any atom is -0.355 e. The summed E-state index contributed by atoms with van der Waals surface area (Å²) in [5.74, 6) is 0.0914. The maximum atomic E-state index is 12.4. The van der Waals surface area contributed by atoms with Crippen LogP contribution in [-0.2, 0) is 6.42 Å². The SMILES string of the molecule is O=C(Nc1ncc(Cc2cc(Cl)ccc2Cl)s1)c1cc(-c2ccncc2)on1. The van der Waals surface area contributed by atoms with E-state index >= 15 is 0 Å². The second-order valence-corrected chi connectivity index (χ2v) is 7.77. The Hall–Kier alpha value is -2.74. The molecule has 0 aliphatic rings. The van der Waals surface area contributed by atoms with Crippen LogP contribution < -0.4 is 5.32 Å². The van der Waals surface area contributed by atoms with E-state index in [-0.39, 0.29) is 5.69 Å². The molecule has 0 fully saturated rings. The predicted octanol–water partition coefficient (Wildman–Crippen LogP) is 5.34. The third-order valence-electron chi connectivity index (χ3n) is 3.85. The van der Waals surface area contributed by atoms with Crippen LogP contribution in [0.4, 0.5) is 5.13 Å². The summed E-state index contributed by atoms with van der Waals surface area (Å²) >= 11 is 13.6. The summed E-state index contributed by atoms with van der Waals surface area (Å²) in [4.78, 5) is 21.5. The summed E-state index contributed by atoms with van der Waals surface area (Å²) in [6.45, 7) is 0. The Bertz CT molecular complexity index is 1130. The van der Waals surface area contributed by atoms with E-state index in [0.29, 0.717) is 27.4 Å². The van der Waals surface area contributed by atoms with Crippen molar-refractivity contribution in [2.45, 2.75) is 6.42 Å². The number of carbonyl (C=O) groups is 1. The van der Waals surface area contributed by atoms with E-state index in [0.717, 1.165) is 16.0 Å². The van der Waals surface area contributed by atoms with Crippen LogP contribution in [0.2, 0.25) is 10.0 Å². The summed E-state index contributed by atoms with van der Waals surface area (Å²) in [5.41, 5.74) is 1.85. The van der Waals surface area contributed by atoms with Gasteiger partial charge in [-0.2, -0.15) is 0 Å². The lowest BCUT2D eigenvalue weighted by Gasteiger charge is -2.02. The zero-order chi connectivity index (χ0) is 19.5. The first kappa shape index (κ1) is 18.6. The molecule has 1 amide bonds. The second-order valence-electron chi connectivity index (χ2n) is 5.81. The first-order valence-electron chi connectivity index (χ1n) is 8.15. The molecule has 0 bridgehead atoms. The summed E-state index contributed by atoms with van der Waals surface area (Å²) in [5, 5.41) is 8.27. The largest absolute Gasteiger partial charge is 0.355 e. The summed E-state index contributed by atoms with van der Waals surface area (Å²) < 4.78 is 5.24. The number of hydrogen-bond acceptors (Lipinski definition) is 6. The lowest BCUT2D eigenvalue weighted by molar-refractivity contribution is 0.101. The van der Waals surface area contributed by atoms with Crippen LogP contribution in [0.15, 0.2) is 59.5 Å². The van der Waals surface area contributed by atoms with Gasteiger partial charge in [0.25, 0.3) is 5.91 Å². The molecule has 0 aliphatic heterocycles. The fourth-order valence-electron chi connectivity index (χ4n) is 2.51. The first-order chi connectivity index (χ1) is 13.6. The molecule has 0 saturated carbocycles. The molecule has 4 rings (SSSR count). The average Bonchev–Trinajstić information content (AvgIpc) is 3.35. The number of halogens is 2. The molecule has 0 spiro atoms. The molecule has 0 atom stereocenters. The Labute approximate surface area is 174 Å². The van der Waals surface area contributed by atoms with Gasteiger partial charge in [-0.3, -0.25) is 15.1 Å². The monoisotopic (exact) mass is 430 g/mol. The van der Waals surface area contributed by atoms with Gasteiger partial charge in [-0.15, -0.1) is 11.3 Å². The van der Waals surface area contributed by atoms with Gasteiger partial charge in [0, 0.05) is 51.6 Å². The standard InChI is InChI=1S/C19H12Cl2N4O2S/c20-13-1-2-15(21)12(7-13)8-14-10-23-19(28-14)24-18(26)16-9-17(27-25-16)11-3-5-22-6-4-11/h1-7,9-10H,8H2,(H,23,24,26). The van der Waals surface area contributed by atoms with Crippen molar-refractivity contribution in [1.82, 2.24) is 15.1 Å². The van der Waals surface area contributed by atoms with Gasteiger partial charge >= 0.3 is 0 Å². The van der Waals surface area contributed by atoms with Crippen molar-refractivity contribution in [3.05, 3.63) is 81.2 Å². The Morgan fingerprint density at radius 1 is 1.14 bits per heavy atom. The Kier molecular flexibility index (Phi) is 5.38. The van der Waals surface area contributed by atoms with Crippen molar-refractivity contribution < 1.29 is 9.32 Å². The number of nitrogens with zero attached hydrogens (tertiary/aromatic N) is 3. The highest BCUT2D eigenvalue weighted by Crippen LogP contribution is 2.27. The lowest BCUT2D eigenvalue weighted by Crippen LogP contribution is -2.11.